The molecule has 0 amide bonds. The van der Waals surface area contributed by atoms with E-state index >= 15 is 0 Å². The van der Waals surface area contributed by atoms with Crippen LogP contribution in [-0.2, 0) is 14.3 Å². The monoisotopic (exact) mass is 266 g/mol. The molecule has 1 aliphatic rings. The Bertz CT molecular complexity index is 331. The first-order valence-electron chi connectivity index (χ1n) is 7.62. The molecule has 0 aromatic carbocycles. The van der Waals surface area contributed by atoms with E-state index in [-0.39, 0.29) is 24.3 Å². The van der Waals surface area contributed by atoms with Crippen LogP contribution in [0.3, 0.4) is 0 Å². The fourth-order valence-corrected chi connectivity index (χ4v) is 2.50. The van der Waals surface area contributed by atoms with E-state index in [9.17, 15) is 9.59 Å². The van der Waals surface area contributed by atoms with Gasteiger partial charge in [-0.05, 0) is 19.3 Å². The molecule has 1 atom stereocenters. The Labute approximate surface area is 116 Å². The van der Waals surface area contributed by atoms with Crippen LogP contribution in [0.15, 0.2) is 11.6 Å². The van der Waals surface area contributed by atoms with E-state index < -0.39 is 0 Å². The second kappa shape index (κ2) is 8.89. The molecule has 19 heavy (non-hydrogen) atoms. The van der Waals surface area contributed by atoms with Crippen LogP contribution in [-0.4, -0.2) is 11.9 Å². The summed E-state index contributed by atoms with van der Waals surface area (Å²) in [6.45, 7) is 4.30. The van der Waals surface area contributed by atoms with Crippen LogP contribution in [0.2, 0.25) is 0 Å². The van der Waals surface area contributed by atoms with Gasteiger partial charge in [0.15, 0.2) is 0 Å². The molecule has 3 heteroatoms. The predicted octanol–water partition coefficient (Wildman–Crippen LogP) is 4.16. The maximum absolute atomic E-state index is 11.6. The molecule has 1 fully saturated rings. The first-order valence-corrected chi connectivity index (χ1v) is 7.62. The van der Waals surface area contributed by atoms with Crippen molar-refractivity contribution in [1.29, 1.82) is 0 Å². The van der Waals surface area contributed by atoms with Crippen LogP contribution in [0.25, 0.3) is 0 Å². The lowest BCUT2D eigenvalue weighted by atomic mass is 9.92. The summed E-state index contributed by atoms with van der Waals surface area (Å²) in [6.07, 6.45) is 11.6. The van der Waals surface area contributed by atoms with Gasteiger partial charge in [0.25, 0.3) is 0 Å². The average Bonchev–Trinajstić information content (AvgIpc) is 2.71. The molecule has 1 unspecified atom stereocenters. The van der Waals surface area contributed by atoms with Crippen molar-refractivity contribution in [2.24, 2.45) is 5.92 Å². The van der Waals surface area contributed by atoms with Crippen molar-refractivity contribution in [3.63, 3.8) is 0 Å². The highest BCUT2D eigenvalue weighted by molar-refractivity contribution is 5.96. The first kappa shape index (κ1) is 15.9. The topological polar surface area (TPSA) is 43.4 Å². The minimum absolute atomic E-state index is 0.237. The van der Waals surface area contributed by atoms with Crippen LogP contribution in [0.4, 0.5) is 0 Å². The summed E-state index contributed by atoms with van der Waals surface area (Å²) in [5, 5.41) is 0. The molecule has 1 aliphatic heterocycles. The van der Waals surface area contributed by atoms with Crippen molar-refractivity contribution in [2.75, 3.05) is 0 Å². The van der Waals surface area contributed by atoms with Gasteiger partial charge < -0.3 is 4.74 Å². The minimum atomic E-state index is -0.375. The number of rotatable bonds is 9. The molecular weight excluding hydrogens is 240 g/mol. The van der Waals surface area contributed by atoms with Gasteiger partial charge in [0.05, 0.1) is 12.3 Å². The highest BCUT2D eigenvalue weighted by atomic mass is 16.6. The predicted molar refractivity (Wildman–Crippen MR) is 75.6 cm³/mol. The van der Waals surface area contributed by atoms with Crippen LogP contribution in [0, 0.1) is 5.92 Å². The molecule has 0 aliphatic carbocycles. The Morgan fingerprint density at radius 3 is 2.47 bits per heavy atom. The van der Waals surface area contributed by atoms with E-state index in [1.165, 1.54) is 32.1 Å². The standard InChI is InChI=1S/C16H26O3/c1-3-5-6-7-8-9-11-13(10-4-2)14-12-15(17)19-16(14)18/h11,14H,3-10,12H2,1-2H3/b13-11-. The second-order valence-corrected chi connectivity index (χ2v) is 5.28. The summed E-state index contributed by atoms with van der Waals surface area (Å²) in [5.41, 5.74) is 1.11. The largest absolute Gasteiger partial charge is 0.393 e. The minimum Gasteiger partial charge on any atom is -0.393 e. The molecule has 0 spiro atoms. The molecule has 0 saturated carbocycles. The summed E-state index contributed by atoms with van der Waals surface area (Å²) < 4.78 is 4.64. The van der Waals surface area contributed by atoms with Crippen molar-refractivity contribution in [3.05, 3.63) is 11.6 Å². The number of carbonyl (C=O) groups is 2. The van der Waals surface area contributed by atoms with Crippen molar-refractivity contribution in [2.45, 2.75) is 71.6 Å². The molecule has 1 saturated heterocycles. The summed E-state index contributed by atoms with van der Waals surface area (Å²) >= 11 is 0. The quantitative estimate of drug-likeness (QED) is 0.272. The molecular formula is C16H26O3. The zero-order chi connectivity index (χ0) is 14.1. The van der Waals surface area contributed by atoms with Crippen molar-refractivity contribution >= 4 is 11.9 Å². The van der Waals surface area contributed by atoms with E-state index in [4.69, 9.17) is 0 Å². The third-order valence-electron chi connectivity index (χ3n) is 3.57. The summed E-state index contributed by atoms with van der Waals surface area (Å²) in [5.74, 6) is -1.03. The number of hydrogen-bond acceptors (Lipinski definition) is 3. The molecule has 1 rings (SSSR count). The summed E-state index contributed by atoms with van der Waals surface area (Å²) in [4.78, 5) is 22.7. The molecule has 0 N–H and O–H groups in total. The average molecular weight is 266 g/mol. The van der Waals surface area contributed by atoms with Crippen LogP contribution in [0.1, 0.15) is 71.6 Å². The summed E-state index contributed by atoms with van der Waals surface area (Å²) in [7, 11) is 0. The van der Waals surface area contributed by atoms with Crippen LogP contribution >= 0.6 is 0 Å². The number of carbonyl (C=O) groups excluding carboxylic acids is 2. The van der Waals surface area contributed by atoms with Gasteiger partial charge in [-0.3, -0.25) is 9.59 Å². The van der Waals surface area contributed by atoms with Gasteiger partial charge in [0.1, 0.15) is 0 Å². The number of cyclic esters (lactones) is 2. The van der Waals surface area contributed by atoms with E-state index in [0.717, 1.165) is 24.8 Å². The second-order valence-electron chi connectivity index (χ2n) is 5.28. The Morgan fingerprint density at radius 1 is 1.16 bits per heavy atom. The van der Waals surface area contributed by atoms with Gasteiger partial charge in [-0.25, -0.2) is 0 Å². The molecule has 3 nitrogen and oxygen atoms in total. The Morgan fingerprint density at radius 2 is 1.89 bits per heavy atom. The van der Waals surface area contributed by atoms with Crippen molar-refractivity contribution in [3.8, 4) is 0 Å². The third kappa shape index (κ3) is 5.58. The third-order valence-corrected chi connectivity index (χ3v) is 3.57. The smallest absolute Gasteiger partial charge is 0.321 e. The maximum atomic E-state index is 11.6. The number of hydrogen-bond donors (Lipinski definition) is 0. The van der Waals surface area contributed by atoms with Gasteiger partial charge >= 0.3 is 11.9 Å². The lowest BCUT2D eigenvalue weighted by Crippen LogP contribution is -2.10. The molecule has 0 aromatic heterocycles. The number of allylic oxidation sites excluding steroid dienone is 1. The maximum Gasteiger partial charge on any atom is 0.321 e. The molecule has 1 heterocycles. The fourth-order valence-electron chi connectivity index (χ4n) is 2.50. The van der Waals surface area contributed by atoms with E-state index in [1.807, 2.05) is 0 Å². The Balaban J connectivity index is 2.42. The van der Waals surface area contributed by atoms with Crippen LogP contribution in [0.5, 0.6) is 0 Å². The Kier molecular flexibility index (Phi) is 7.46. The lowest BCUT2D eigenvalue weighted by Gasteiger charge is -2.10. The highest BCUT2D eigenvalue weighted by Crippen LogP contribution is 2.28. The highest BCUT2D eigenvalue weighted by Gasteiger charge is 2.35. The molecule has 0 radical (unpaired) electrons. The first-order chi connectivity index (χ1) is 9.19. The zero-order valence-electron chi connectivity index (χ0n) is 12.2. The fraction of sp³-hybridized carbons (Fsp3) is 0.750. The van der Waals surface area contributed by atoms with E-state index in [0.29, 0.717) is 0 Å². The van der Waals surface area contributed by atoms with Gasteiger partial charge in [0, 0.05) is 0 Å². The van der Waals surface area contributed by atoms with Gasteiger partial charge in [0.2, 0.25) is 0 Å². The summed E-state index contributed by atoms with van der Waals surface area (Å²) in [6, 6.07) is 0. The van der Waals surface area contributed by atoms with Crippen LogP contribution < -0.4 is 0 Å². The zero-order valence-corrected chi connectivity index (χ0v) is 12.2. The number of esters is 2. The lowest BCUT2D eigenvalue weighted by molar-refractivity contribution is -0.152. The van der Waals surface area contributed by atoms with E-state index in [1.54, 1.807) is 0 Å². The SMILES string of the molecule is CCCCCCC/C=C(/CCC)C1CC(=O)OC1=O. The van der Waals surface area contributed by atoms with Gasteiger partial charge in [-0.2, -0.15) is 0 Å². The van der Waals surface area contributed by atoms with Crippen molar-refractivity contribution < 1.29 is 14.3 Å². The van der Waals surface area contributed by atoms with E-state index in [2.05, 4.69) is 24.7 Å². The molecule has 108 valence electrons. The molecule has 0 aromatic rings. The van der Waals surface area contributed by atoms with Gasteiger partial charge in [-0.1, -0.05) is 57.6 Å². The number of ether oxygens (including phenoxy) is 1. The number of unbranched alkanes of at least 4 members (excludes halogenated alkanes) is 5. The van der Waals surface area contributed by atoms with Gasteiger partial charge in [-0.15, -0.1) is 0 Å². The molecule has 0 bridgehead atoms. The normalized spacial score (nSPS) is 19.9. The Hall–Kier alpha value is -1.12. The van der Waals surface area contributed by atoms with Crippen molar-refractivity contribution in [1.82, 2.24) is 0 Å².